The van der Waals surface area contributed by atoms with Crippen molar-refractivity contribution in [1.29, 1.82) is 0 Å². The Balaban J connectivity index is 2.11. The van der Waals surface area contributed by atoms with E-state index in [0.717, 1.165) is 6.54 Å². The first-order valence-electron chi connectivity index (χ1n) is 5.46. The fraction of sp³-hybridized carbons (Fsp3) is 0.909. The first-order chi connectivity index (χ1) is 6.94. The van der Waals surface area contributed by atoms with E-state index in [4.69, 9.17) is 9.47 Å². The second kappa shape index (κ2) is 3.46. The lowest BCUT2D eigenvalue weighted by atomic mass is 9.81. The fourth-order valence-electron chi connectivity index (χ4n) is 2.26. The molecule has 0 aromatic heterocycles. The third kappa shape index (κ3) is 1.88. The SMILES string of the molecule is CC(C)(C)OC(=O)[C@@]12CNC[C@@H]1COC2. The van der Waals surface area contributed by atoms with Crippen LogP contribution in [0.2, 0.25) is 0 Å². The molecule has 4 nitrogen and oxygen atoms in total. The van der Waals surface area contributed by atoms with Crippen LogP contribution < -0.4 is 5.32 Å². The minimum atomic E-state index is -0.423. The van der Waals surface area contributed by atoms with E-state index >= 15 is 0 Å². The Morgan fingerprint density at radius 1 is 1.53 bits per heavy atom. The van der Waals surface area contributed by atoms with Gasteiger partial charge in [-0.2, -0.15) is 0 Å². The van der Waals surface area contributed by atoms with Gasteiger partial charge in [0.25, 0.3) is 0 Å². The Kier molecular flexibility index (Phi) is 2.51. The average Bonchev–Trinajstić information content (AvgIpc) is 2.55. The smallest absolute Gasteiger partial charge is 0.316 e. The van der Waals surface area contributed by atoms with Crippen LogP contribution in [-0.2, 0) is 14.3 Å². The van der Waals surface area contributed by atoms with Crippen LogP contribution in [-0.4, -0.2) is 37.9 Å². The molecule has 86 valence electrons. The van der Waals surface area contributed by atoms with Gasteiger partial charge in [-0.05, 0) is 20.8 Å². The number of ether oxygens (including phenoxy) is 2. The van der Waals surface area contributed by atoms with Crippen LogP contribution >= 0.6 is 0 Å². The molecule has 2 heterocycles. The quantitative estimate of drug-likeness (QED) is 0.647. The topological polar surface area (TPSA) is 47.6 Å². The van der Waals surface area contributed by atoms with Crippen molar-refractivity contribution in [3.63, 3.8) is 0 Å². The van der Waals surface area contributed by atoms with E-state index in [1.807, 2.05) is 20.8 Å². The lowest BCUT2D eigenvalue weighted by molar-refractivity contribution is -0.167. The fourth-order valence-corrected chi connectivity index (χ4v) is 2.26. The normalized spacial score (nSPS) is 35.3. The molecule has 0 spiro atoms. The van der Waals surface area contributed by atoms with Crippen molar-refractivity contribution in [3.05, 3.63) is 0 Å². The Hall–Kier alpha value is -0.610. The van der Waals surface area contributed by atoms with E-state index in [1.165, 1.54) is 0 Å². The van der Waals surface area contributed by atoms with Crippen LogP contribution in [0.1, 0.15) is 20.8 Å². The van der Waals surface area contributed by atoms with E-state index in [2.05, 4.69) is 5.32 Å². The number of hydrogen-bond acceptors (Lipinski definition) is 4. The van der Waals surface area contributed by atoms with Crippen LogP contribution in [0, 0.1) is 11.3 Å². The van der Waals surface area contributed by atoms with Gasteiger partial charge in [-0.3, -0.25) is 4.79 Å². The number of nitrogens with one attached hydrogen (secondary N) is 1. The number of hydrogen-bond donors (Lipinski definition) is 1. The molecule has 2 saturated heterocycles. The van der Waals surface area contributed by atoms with Crippen LogP contribution in [0.4, 0.5) is 0 Å². The third-order valence-corrected chi connectivity index (χ3v) is 3.10. The molecule has 15 heavy (non-hydrogen) atoms. The molecule has 2 rings (SSSR count). The second-order valence-electron chi connectivity index (χ2n) is 5.50. The van der Waals surface area contributed by atoms with Gasteiger partial charge in [0.2, 0.25) is 0 Å². The second-order valence-corrected chi connectivity index (χ2v) is 5.50. The highest BCUT2D eigenvalue weighted by molar-refractivity contribution is 5.79. The van der Waals surface area contributed by atoms with E-state index < -0.39 is 11.0 Å². The van der Waals surface area contributed by atoms with Crippen LogP contribution in [0.5, 0.6) is 0 Å². The Bertz CT molecular complexity index is 259. The summed E-state index contributed by atoms with van der Waals surface area (Å²) in [7, 11) is 0. The number of fused-ring (bicyclic) bond motifs is 1. The minimum absolute atomic E-state index is 0.109. The predicted molar refractivity (Wildman–Crippen MR) is 55.5 cm³/mol. The van der Waals surface area contributed by atoms with Gasteiger partial charge in [0.05, 0.1) is 13.2 Å². The van der Waals surface area contributed by atoms with Gasteiger partial charge in [-0.1, -0.05) is 0 Å². The summed E-state index contributed by atoms with van der Waals surface area (Å²) in [5.41, 5.74) is -0.838. The highest BCUT2D eigenvalue weighted by Crippen LogP contribution is 2.39. The standard InChI is InChI=1S/C11H19NO3/c1-10(2,3)15-9(13)11-6-12-4-8(11)5-14-7-11/h8,12H,4-7H2,1-3H3/t8-,11-/m1/s1. The van der Waals surface area contributed by atoms with Gasteiger partial charge in [0.15, 0.2) is 0 Å². The highest BCUT2D eigenvalue weighted by Gasteiger charge is 2.54. The van der Waals surface area contributed by atoms with Gasteiger partial charge in [0.1, 0.15) is 11.0 Å². The Morgan fingerprint density at radius 3 is 2.93 bits per heavy atom. The maximum Gasteiger partial charge on any atom is 0.316 e. The molecular weight excluding hydrogens is 194 g/mol. The summed E-state index contributed by atoms with van der Waals surface area (Å²) in [5.74, 6) is 0.176. The molecule has 2 aliphatic heterocycles. The van der Waals surface area contributed by atoms with Gasteiger partial charge in [-0.25, -0.2) is 0 Å². The molecule has 0 aromatic carbocycles. The zero-order valence-electron chi connectivity index (χ0n) is 9.63. The highest BCUT2D eigenvalue weighted by atomic mass is 16.6. The maximum absolute atomic E-state index is 12.1. The lowest BCUT2D eigenvalue weighted by Crippen LogP contribution is -2.43. The van der Waals surface area contributed by atoms with E-state index in [-0.39, 0.29) is 11.9 Å². The van der Waals surface area contributed by atoms with Crippen molar-refractivity contribution < 1.29 is 14.3 Å². The summed E-state index contributed by atoms with van der Waals surface area (Å²) < 4.78 is 10.9. The molecule has 2 atom stereocenters. The van der Waals surface area contributed by atoms with E-state index in [0.29, 0.717) is 19.8 Å². The molecule has 0 aromatic rings. The summed E-state index contributed by atoms with van der Waals surface area (Å²) in [4.78, 5) is 12.1. The first-order valence-corrected chi connectivity index (χ1v) is 5.46. The number of esters is 1. The molecule has 2 fully saturated rings. The van der Waals surface area contributed by atoms with E-state index in [9.17, 15) is 4.79 Å². The number of carbonyl (C=O) groups excluding carboxylic acids is 1. The van der Waals surface area contributed by atoms with Crippen molar-refractivity contribution >= 4 is 5.97 Å². The van der Waals surface area contributed by atoms with Gasteiger partial charge < -0.3 is 14.8 Å². The number of rotatable bonds is 1. The zero-order chi connectivity index (χ0) is 11.1. The lowest BCUT2D eigenvalue weighted by Gasteiger charge is -2.29. The predicted octanol–water partition coefficient (Wildman–Crippen LogP) is 0.564. The summed E-state index contributed by atoms with van der Waals surface area (Å²) in [6.45, 7) is 8.41. The Morgan fingerprint density at radius 2 is 2.27 bits per heavy atom. The molecule has 0 aliphatic carbocycles. The summed E-state index contributed by atoms with van der Waals surface area (Å²) in [6.07, 6.45) is 0. The third-order valence-electron chi connectivity index (χ3n) is 3.10. The van der Waals surface area contributed by atoms with E-state index in [1.54, 1.807) is 0 Å². The summed E-state index contributed by atoms with van der Waals surface area (Å²) >= 11 is 0. The minimum Gasteiger partial charge on any atom is -0.459 e. The van der Waals surface area contributed by atoms with Crippen molar-refractivity contribution in [2.45, 2.75) is 26.4 Å². The van der Waals surface area contributed by atoms with Crippen molar-refractivity contribution in [2.24, 2.45) is 11.3 Å². The summed E-state index contributed by atoms with van der Waals surface area (Å²) in [5, 5.41) is 3.25. The summed E-state index contributed by atoms with van der Waals surface area (Å²) in [6, 6.07) is 0. The maximum atomic E-state index is 12.1. The van der Waals surface area contributed by atoms with Gasteiger partial charge in [0, 0.05) is 19.0 Å². The van der Waals surface area contributed by atoms with Gasteiger partial charge >= 0.3 is 5.97 Å². The van der Waals surface area contributed by atoms with Crippen molar-refractivity contribution in [1.82, 2.24) is 5.32 Å². The molecule has 4 heteroatoms. The monoisotopic (exact) mass is 213 g/mol. The first kappa shape index (κ1) is 10.9. The van der Waals surface area contributed by atoms with Crippen LogP contribution in [0.25, 0.3) is 0 Å². The molecule has 0 saturated carbocycles. The van der Waals surface area contributed by atoms with Crippen molar-refractivity contribution in [2.75, 3.05) is 26.3 Å². The molecule has 0 bridgehead atoms. The van der Waals surface area contributed by atoms with Crippen LogP contribution in [0.15, 0.2) is 0 Å². The molecule has 0 amide bonds. The molecule has 1 N–H and O–H groups in total. The average molecular weight is 213 g/mol. The molecular formula is C11H19NO3. The Labute approximate surface area is 90.3 Å². The molecule has 0 radical (unpaired) electrons. The number of carbonyl (C=O) groups is 1. The largest absolute Gasteiger partial charge is 0.459 e. The molecule has 0 unspecified atom stereocenters. The molecule has 2 aliphatic rings. The van der Waals surface area contributed by atoms with Gasteiger partial charge in [-0.15, -0.1) is 0 Å². The van der Waals surface area contributed by atoms with Crippen molar-refractivity contribution in [3.8, 4) is 0 Å². The van der Waals surface area contributed by atoms with Crippen LogP contribution in [0.3, 0.4) is 0 Å². The zero-order valence-corrected chi connectivity index (χ0v) is 9.63.